The van der Waals surface area contributed by atoms with E-state index in [1.165, 1.54) is 0 Å². The summed E-state index contributed by atoms with van der Waals surface area (Å²) in [6.45, 7) is 2.16. The van der Waals surface area contributed by atoms with Crippen LogP contribution in [0.1, 0.15) is 46.0 Å². The first kappa shape index (κ1) is 19.1. The molecular formula is C21H22N2O3. The van der Waals surface area contributed by atoms with Gasteiger partial charge in [-0.25, -0.2) is 0 Å². The van der Waals surface area contributed by atoms with Gasteiger partial charge in [-0.15, -0.1) is 0 Å². The number of hydrogen-bond donors (Lipinski definition) is 2. The number of ketones is 1. The van der Waals surface area contributed by atoms with Crippen molar-refractivity contribution in [3.05, 3.63) is 82.9 Å². The van der Waals surface area contributed by atoms with Crippen LogP contribution in [-0.2, 0) is 4.79 Å². The summed E-state index contributed by atoms with van der Waals surface area (Å²) in [7, 11) is 0. The Kier molecular flexibility index (Phi) is 6.85. The van der Waals surface area contributed by atoms with Crippen molar-refractivity contribution in [3.8, 4) is 0 Å². The number of carbonyl (C=O) groups excluding carboxylic acids is 3. The topological polar surface area (TPSA) is 89.3 Å². The molecule has 3 N–H and O–H groups in total. The molecule has 0 bridgehead atoms. The van der Waals surface area contributed by atoms with Crippen LogP contribution in [0, 0.1) is 0 Å². The Morgan fingerprint density at radius 2 is 1.50 bits per heavy atom. The molecule has 0 atom stereocenters. The third-order valence-corrected chi connectivity index (χ3v) is 3.95. The lowest BCUT2D eigenvalue weighted by molar-refractivity contribution is -0.114. The van der Waals surface area contributed by atoms with E-state index >= 15 is 0 Å². The van der Waals surface area contributed by atoms with Crippen LogP contribution < -0.4 is 11.1 Å². The first-order chi connectivity index (χ1) is 12.5. The van der Waals surface area contributed by atoms with E-state index in [9.17, 15) is 14.4 Å². The molecule has 2 aromatic rings. The Bertz CT molecular complexity index is 809. The van der Waals surface area contributed by atoms with Crippen LogP contribution in [0.2, 0.25) is 0 Å². The zero-order valence-electron chi connectivity index (χ0n) is 14.7. The fourth-order valence-corrected chi connectivity index (χ4v) is 2.35. The minimum Gasteiger partial charge on any atom is -0.366 e. The molecule has 0 saturated heterocycles. The van der Waals surface area contributed by atoms with Gasteiger partial charge in [0.25, 0.3) is 5.91 Å². The summed E-state index contributed by atoms with van der Waals surface area (Å²) in [6.07, 6.45) is 3.14. The van der Waals surface area contributed by atoms with Crippen molar-refractivity contribution in [1.29, 1.82) is 0 Å². The van der Waals surface area contributed by atoms with E-state index in [4.69, 9.17) is 5.73 Å². The molecule has 26 heavy (non-hydrogen) atoms. The maximum Gasteiger partial charge on any atom is 0.251 e. The van der Waals surface area contributed by atoms with E-state index in [0.29, 0.717) is 41.6 Å². The van der Waals surface area contributed by atoms with Gasteiger partial charge >= 0.3 is 0 Å². The van der Waals surface area contributed by atoms with E-state index in [1.54, 1.807) is 49.4 Å². The van der Waals surface area contributed by atoms with Gasteiger partial charge in [-0.3, -0.25) is 14.4 Å². The second kappa shape index (κ2) is 9.32. The van der Waals surface area contributed by atoms with Crippen LogP contribution in [-0.4, -0.2) is 24.1 Å². The van der Waals surface area contributed by atoms with Crippen molar-refractivity contribution < 1.29 is 14.4 Å². The lowest BCUT2D eigenvalue weighted by atomic mass is 10.0. The summed E-state index contributed by atoms with van der Waals surface area (Å²) in [5.41, 5.74) is 7.32. The number of unbranched alkanes of at least 4 members (excludes halogenated alkanes) is 1. The molecule has 0 unspecified atom stereocenters. The highest BCUT2D eigenvalue weighted by Crippen LogP contribution is 2.11. The number of hydrogen-bond acceptors (Lipinski definition) is 3. The molecule has 0 heterocycles. The SMILES string of the molecule is C/C(=C\CCCNC(=O)c1ccc(C(=O)c2ccccc2)cc1)C(N)=O. The van der Waals surface area contributed by atoms with E-state index < -0.39 is 5.91 Å². The van der Waals surface area contributed by atoms with Crippen LogP contribution in [0.3, 0.4) is 0 Å². The van der Waals surface area contributed by atoms with Crippen molar-refractivity contribution in [3.63, 3.8) is 0 Å². The van der Waals surface area contributed by atoms with Gasteiger partial charge in [0.05, 0.1) is 0 Å². The van der Waals surface area contributed by atoms with Gasteiger partial charge in [0.1, 0.15) is 0 Å². The standard InChI is InChI=1S/C21H22N2O3/c1-15(20(22)25)7-5-6-14-23-21(26)18-12-10-17(11-13-18)19(24)16-8-3-2-4-9-16/h2-4,7-13H,5-6,14H2,1H3,(H2,22,25)(H,23,26)/b15-7+. The molecule has 5 heteroatoms. The predicted molar refractivity (Wildman–Crippen MR) is 101 cm³/mol. The number of amides is 2. The summed E-state index contributed by atoms with van der Waals surface area (Å²) in [6, 6.07) is 15.6. The van der Waals surface area contributed by atoms with Gasteiger partial charge in [0, 0.05) is 28.8 Å². The van der Waals surface area contributed by atoms with E-state index in [-0.39, 0.29) is 11.7 Å². The lowest BCUT2D eigenvalue weighted by Crippen LogP contribution is -2.24. The van der Waals surface area contributed by atoms with Gasteiger partial charge in [-0.05, 0) is 31.9 Å². The summed E-state index contributed by atoms with van der Waals surface area (Å²) in [5, 5.41) is 2.81. The second-order valence-electron chi connectivity index (χ2n) is 5.92. The number of nitrogens with one attached hydrogen (secondary N) is 1. The molecular weight excluding hydrogens is 328 g/mol. The molecule has 0 aliphatic heterocycles. The average molecular weight is 350 g/mol. The third kappa shape index (κ3) is 5.41. The van der Waals surface area contributed by atoms with Crippen LogP contribution >= 0.6 is 0 Å². The van der Waals surface area contributed by atoms with Gasteiger partial charge in [0.15, 0.2) is 5.78 Å². The highest BCUT2D eigenvalue weighted by atomic mass is 16.2. The minimum atomic E-state index is -0.431. The third-order valence-electron chi connectivity index (χ3n) is 3.95. The Labute approximate surface area is 152 Å². The molecule has 2 rings (SSSR count). The fraction of sp³-hybridized carbons (Fsp3) is 0.190. The highest BCUT2D eigenvalue weighted by Gasteiger charge is 2.10. The highest BCUT2D eigenvalue weighted by molar-refractivity contribution is 6.09. The number of primary amides is 1. The number of carbonyl (C=O) groups is 3. The van der Waals surface area contributed by atoms with Crippen molar-refractivity contribution in [1.82, 2.24) is 5.32 Å². The zero-order valence-corrected chi connectivity index (χ0v) is 14.7. The van der Waals surface area contributed by atoms with Crippen LogP contribution in [0.15, 0.2) is 66.2 Å². The van der Waals surface area contributed by atoms with Gasteiger partial charge in [0.2, 0.25) is 5.91 Å². The molecule has 0 aromatic heterocycles. The second-order valence-corrected chi connectivity index (χ2v) is 5.92. The Morgan fingerprint density at radius 3 is 2.12 bits per heavy atom. The van der Waals surface area contributed by atoms with Crippen molar-refractivity contribution in [2.75, 3.05) is 6.54 Å². The molecule has 0 aliphatic rings. The number of allylic oxidation sites excluding steroid dienone is 1. The van der Waals surface area contributed by atoms with Gasteiger partial charge in [-0.1, -0.05) is 48.5 Å². The van der Waals surface area contributed by atoms with Crippen molar-refractivity contribution >= 4 is 17.6 Å². The monoisotopic (exact) mass is 350 g/mol. The number of nitrogens with two attached hydrogens (primary N) is 1. The van der Waals surface area contributed by atoms with Crippen LogP contribution in [0.4, 0.5) is 0 Å². The van der Waals surface area contributed by atoms with E-state index in [2.05, 4.69) is 5.32 Å². The molecule has 5 nitrogen and oxygen atoms in total. The van der Waals surface area contributed by atoms with Crippen molar-refractivity contribution in [2.45, 2.75) is 19.8 Å². The molecule has 0 fully saturated rings. The van der Waals surface area contributed by atoms with E-state index in [0.717, 1.165) is 0 Å². The van der Waals surface area contributed by atoms with Crippen LogP contribution in [0.25, 0.3) is 0 Å². The molecule has 0 aliphatic carbocycles. The average Bonchev–Trinajstić information content (AvgIpc) is 2.67. The molecule has 2 aromatic carbocycles. The molecule has 0 spiro atoms. The quantitative estimate of drug-likeness (QED) is 0.436. The Hall–Kier alpha value is -3.21. The Balaban J connectivity index is 1.86. The predicted octanol–water partition coefficient (Wildman–Crippen LogP) is 2.86. The summed E-state index contributed by atoms with van der Waals surface area (Å²) in [5.74, 6) is -0.701. The fourth-order valence-electron chi connectivity index (χ4n) is 2.35. The van der Waals surface area contributed by atoms with Gasteiger partial charge in [-0.2, -0.15) is 0 Å². The number of rotatable bonds is 8. The summed E-state index contributed by atoms with van der Waals surface area (Å²) < 4.78 is 0. The zero-order chi connectivity index (χ0) is 18.9. The largest absolute Gasteiger partial charge is 0.366 e. The Morgan fingerprint density at radius 1 is 0.923 bits per heavy atom. The van der Waals surface area contributed by atoms with E-state index in [1.807, 2.05) is 18.2 Å². The first-order valence-electron chi connectivity index (χ1n) is 8.43. The maximum absolute atomic E-state index is 12.3. The summed E-state index contributed by atoms with van der Waals surface area (Å²) >= 11 is 0. The van der Waals surface area contributed by atoms with Crippen LogP contribution in [0.5, 0.6) is 0 Å². The smallest absolute Gasteiger partial charge is 0.251 e. The maximum atomic E-state index is 12.3. The van der Waals surface area contributed by atoms with Gasteiger partial charge < -0.3 is 11.1 Å². The molecule has 0 radical (unpaired) electrons. The number of benzene rings is 2. The molecule has 2 amide bonds. The molecule has 134 valence electrons. The first-order valence-corrected chi connectivity index (χ1v) is 8.43. The normalized spacial score (nSPS) is 11.0. The summed E-state index contributed by atoms with van der Waals surface area (Å²) in [4.78, 5) is 35.3. The minimum absolute atomic E-state index is 0.0748. The lowest BCUT2D eigenvalue weighted by Gasteiger charge is -2.06. The molecule has 0 saturated carbocycles. The van der Waals surface area contributed by atoms with Crippen molar-refractivity contribution in [2.24, 2.45) is 5.73 Å².